The smallest absolute Gasteiger partial charge is 0.226 e. The molecule has 4 heteroatoms. The molecule has 1 aliphatic heterocycles. The number of aliphatic hydroxyl groups excluding tert-OH is 1. The summed E-state index contributed by atoms with van der Waals surface area (Å²) >= 11 is 0. The van der Waals surface area contributed by atoms with Gasteiger partial charge in [-0.15, -0.1) is 0 Å². The van der Waals surface area contributed by atoms with Gasteiger partial charge in [-0.05, 0) is 45.7 Å². The van der Waals surface area contributed by atoms with Crippen LogP contribution in [0.5, 0.6) is 0 Å². The molecule has 3 N–H and O–H groups in total. The summed E-state index contributed by atoms with van der Waals surface area (Å²) in [7, 11) is 0. The van der Waals surface area contributed by atoms with Gasteiger partial charge in [-0.1, -0.05) is 13.3 Å². The molecule has 100 valence electrons. The van der Waals surface area contributed by atoms with Gasteiger partial charge in [0.15, 0.2) is 0 Å². The molecule has 1 atom stereocenters. The fraction of sp³-hybridized carbons (Fsp3) is 0.923. The summed E-state index contributed by atoms with van der Waals surface area (Å²) in [6.07, 6.45) is 4.50. The van der Waals surface area contributed by atoms with Crippen LogP contribution in [-0.4, -0.2) is 36.8 Å². The first-order chi connectivity index (χ1) is 8.14. The van der Waals surface area contributed by atoms with E-state index < -0.39 is 0 Å². The molecule has 0 aliphatic carbocycles. The third-order valence-electron chi connectivity index (χ3n) is 3.71. The van der Waals surface area contributed by atoms with Crippen molar-refractivity contribution in [3.05, 3.63) is 0 Å². The van der Waals surface area contributed by atoms with Gasteiger partial charge in [0.25, 0.3) is 0 Å². The monoisotopic (exact) mass is 242 g/mol. The Balaban J connectivity index is 2.59. The van der Waals surface area contributed by atoms with Gasteiger partial charge in [0, 0.05) is 12.6 Å². The molecule has 0 saturated carbocycles. The standard InChI is InChI=1S/C13H26N2O2/c1-3-5-13(6-8-14-9-7-13)12(17)15-11(2)4-10-16/h11,14,16H,3-10H2,1-2H3,(H,15,17). The molecule has 1 fully saturated rings. The Morgan fingerprint density at radius 3 is 2.65 bits per heavy atom. The van der Waals surface area contributed by atoms with Crippen LogP contribution >= 0.6 is 0 Å². The van der Waals surface area contributed by atoms with Crippen molar-refractivity contribution in [3.63, 3.8) is 0 Å². The Labute approximate surface area is 104 Å². The maximum Gasteiger partial charge on any atom is 0.226 e. The van der Waals surface area contributed by atoms with E-state index in [1.54, 1.807) is 0 Å². The van der Waals surface area contributed by atoms with E-state index in [9.17, 15) is 4.79 Å². The molecule has 0 bridgehead atoms. The van der Waals surface area contributed by atoms with Gasteiger partial charge in [0.05, 0.1) is 5.41 Å². The van der Waals surface area contributed by atoms with E-state index in [0.717, 1.165) is 38.8 Å². The van der Waals surface area contributed by atoms with Crippen LogP contribution in [0, 0.1) is 5.41 Å². The summed E-state index contributed by atoms with van der Waals surface area (Å²) in [4.78, 5) is 12.4. The van der Waals surface area contributed by atoms with Gasteiger partial charge >= 0.3 is 0 Å². The predicted octanol–water partition coefficient (Wildman–Crippen LogP) is 1.04. The molecule has 0 aromatic rings. The second-order valence-electron chi connectivity index (χ2n) is 5.17. The quantitative estimate of drug-likeness (QED) is 0.652. The highest BCUT2D eigenvalue weighted by atomic mass is 16.3. The lowest BCUT2D eigenvalue weighted by Crippen LogP contribution is -2.49. The summed E-state index contributed by atoms with van der Waals surface area (Å²) in [6, 6.07) is 0.0658. The molecule has 1 amide bonds. The van der Waals surface area contributed by atoms with Gasteiger partial charge in [-0.2, -0.15) is 0 Å². The Kier molecular flexibility index (Phi) is 5.92. The molecule has 17 heavy (non-hydrogen) atoms. The third kappa shape index (κ3) is 3.96. The van der Waals surface area contributed by atoms with Crippen molar-refractivity contribution in [2.24, 2.45) is 5.41 Å². The zero-order valence-corrected chi connectivity index (χ0v) is 11.1. The van der Waals surface area contributed by atoms with Crippen molar-refractivity contribution in [1.29, 1.82) is 0 Å². The highest BCUT2D eigenvalue weighted by molar-refractivity contribution is 5.83. The fourth-order valence-corrected chi connectivity index (χ4v) is 2.62. The minimum Gasteiger partial charge on any atom is -0.396 e. The maximum atomic E-state index is 12.4. The van der Waals surface area contributed by atoms with Crippen molar-refractivity contribution >= 4 is 5.91 Å². The Bertz CT molecular complexity index is 232. The second-order valence-corrected chi connectivity index (χ2v) is 5.17. The first-order valence-corrected chi connectivity index (χ1v) is 6.77. The molecule has 1 unspecified atom stereocenters. The highest BCUT2D eigenvalue weighted by Crippen LogP contribution is 2.34. The third-order valence-corrected chi connectivity index (χ3v) is 3.71. The van der Waals surface area contributed by atoms with Gasteiger partial charge < -0.3 is 15.7 Å². The molecule has 0 radical (unpaired) electrons. The van der Waals surface area contributed by atoms with Gasteiger partial charge in [0.2, 0.25) is 5.91 Å². The van der Waals surface area contributed by atoms with E-state index in [1.165, 1.54) is 0 Å². The van der Waals surface area contributed by atoms with Crippen LogP contribution in [-0.2, 0) is 4.79 Å². The molecule has 0 aromatic heterocycles. The van der Waals surface area contributed by atoms with Crippen LogP contribution in [0.15, 0.2) is 0 Å². The van der Waals surface area contributed by atoms with Gasteiger partial charge in [-0.25, -0.2) is 0 Å². The summed E-state index contributed by atoms with van der Waals surface area (Å²) in [6.45, 7) is 6.08. The number of hydrogen-bond donors (Lipinski definition) is 3. The topological polar surface area (TPSA) is 61.4 Å². The largest absolute Gasteiger partial charge is 0.396 e. The van der Waals surface area contributed by atoms with Crippen molar-refractivity contribution < 1.29 is 9.90 Å². The number of amides is 1. The van der Waals surface area contributed by atoms with E-state index in [2.05, 4.69) is 17.6 Å². The Morgan fingerprint density at radius 1 is 1.47 bits per heavy atom. The second kappa shape index (κ2) is 6.97. The van der Waals surface area contributed by atoms with Crippen LogP contribution < -0.4 is 10.6 Å². The molecular formula is C13H26N2O2. The van der Waals surface area contributed by atoms with Crippen molar-refractivity contribution in [1.82, 2.24) is 10.6 Å². The Morgan fingerprint density at radius 2 is 2.12 bits per heavy atom. The number of carbonyl (C=O) groups excluding carboxylic acids is 1. The van der Waals surface area contributed by atoms with Crippen molar-refractivity contribution in [2.75, 3.05) is 19.7 Å². The van der Waals surface area contributed by atoms with Crippen molar-refractivity contribution in [3.8, 4) is 0 Å². The zero-order valence-electron chi connectivity index (χ0n) is 11.1. The molecule has 1 heterocycles. The van der Waals surface area contributed by atoms with Crippen molar-refractivity contribution in [2.45, 2.75) is 52.0 Å². The van der Waals surface area contributed by atoms with Gasteiger partial charge in [-0.3, -0.25) is 4.79 Å². The predicted molar refractivity (Wildman–Crippen MR) is 68.8 cm³/mol. The number of nitrogens with one attached hydrogen (secondary N) is 2. The van der Waals surface area contributed by atoms with Crippen LogP contribution in [0.3, 0.4) is 0 Å². The first kappa shape index (κ1) is 14.5. The minimum atomic E-state index is -0.177. The van der Waals surface area contributed by atoms with E-state index in [1.807, 2.05) is 6.92 Å². The highest BCUT2D eigenvalue weighted by Gasteiger charge is 2.38. The van der Waals surface area contributed by atoms with Crippen LogP contribution in [0.2, 0.25) is 0 Å². The molecule has 0 aromatic carbocycles. The van der Waals surface area contributed by atoms with Gasteiger partial charge in [0.1, 0.15) is 0 Å². The Hall–Kier alpha value is -0.610. The summed E-state index contributed by atoms with van der Waals surface area (Å²) in [5.74, 6) is 0.182. The lowest BCUT2D eigenvalue weighted by Gasteiger charge is -2.37. The fourth-order valence-electron chi connectivity index (χ4n) is 2.62. The normalized spacial score (nSPS) is 20.9. The number of carbonyl (C=O) groups is 1. The molecular weight excluding hydrogens is 216 g/mol. The SMILES string of the molecule is CCCC1(C(=O)NC(C)CCO)CCNCC1. The molecule has 4 nitrogen and oxygen atoms in total. The molecule has 1 rings (SSSR count). The lowest BCUT2D eigenvalue weighted by molar-refractivity contribution is -0.133. The van der Waals surface area contributed by atoms with E-state index in [-0.39, 0.29) is 24.0 Å². The molecule has 1 saturated heterocycles. The summed E-state index contributed by atoms with van der Waals surface area (Å²) in [5, 5.41) is 15.2. The number of rotatable bonds is 6. The number of hydrogen-bond acceptors (Lipinski definition) is 3. The number of aliphatic hydroxyl groups is 1. The maximum absolute atomic E-state index is 12.4. The average Bonchev–Trinajstić information content (AvgIpc) is 2.30. The molecule has 0 spiro atoms. The van der Waals surface area contributed by atoms with Crippen LogP contribution in [0.25, 0.3) is 0 Å². The van der Waals surface area contributed by atoms with E-state index >= 15 is 0 Å². The lowest BCUT2D eigenvalue weighted by atomic mass is 9.74. The van der Waals surface area contributed by atoms with E-state index in [0.29, 0.717) is 6.42 Å². The minimum absolute atomic E-state index is 0.0658. The zero-order chi connectivity index (χ0) is 12.7. The van der Waals surface area contributed by atoms with E-state index in [4.69, 9.17) is 5.11 Å². The van der Waals surface area contributed by atoms with Crippen LogP contribution in [0.4, 0.5) is 0 Å². The summed E-state index contributed by atoms with van der Waals surface area (Å²) in [5.41, 5.74) is -0.177. The average molecular weight is 242 g/mol. The molecule has 1 aliphatic rings. The van der Waals surface area contributed by atoms with Crippen LogP contribution in [0.1, 0.15) is 46.0 Å². The first-order valence-electron chi connectivity index (χ1n) is 6.77. The summed E-state index contributed by atoms with van der Waals surface area (Å²) < 4.78 is 0. The number of piperidine rings is 1.